The number of aryl methyl sites for hydroxylation is 1. The quantitative estimate of drug-likeness (QED) is 0.764. The summed E-state index contributed by atoms with van der Waals surface area (Å²) in [6.45, 7) is 6.77. The van der Waals surface area contributed by atoms with Gasteiger partial charge in [-0.3, -0.25) is 4.79 Å². The van der Waals surface area contributed by atoms with Crippen LogP contribution in [0.5, 0.6) is 0 Å². The molecule has 2 aromatic rings. The van der Waals surface area contributed by atoms with Crippen LogP contribution in [0.4, 0.5) is 19.0 Å². The summed E-state index contributed by atoms with van der Waals surface area (Å²) in [6, 6.07) is 1.54. The highest BCUT2D eigenvalue weighted by Crippen LogP contribution is 2.42. The summed E-state index contributed by atoms with van der Waals surface area (Å²) in [6.07, 6.45) is -2.41. The molecular weight excluding hydrogens is 411 g/mol. The largest absolute Gasteiger partial charge is 0.410 e. The third-order valence-corrected chi connectivity index (χ3v) is 6.38. The van der Waals surface area contributed by atoms with Gasteiger partial charge in [0.1, 0.15) is 5.82 Å². The average Bonchev–Trinajstić information content (AvgIpc) is 3.38. The SMILES string of the molecule is CCc1cc(C(=O)N2CCC(c3cc4n(n3)[C@@H](C(F)(F)F)C[C@@H](C(C)C)N4)CC2)on1. The molecule has 1 amide bonds. The van der Waals surface area contributed by atoms with E-state index in [1.807, 2.05) is 20.8 Å². The monoisotopic (exact) mass is 439 g/mol. The van der Waals surface area contributed by atoms with E-state index in [1.165, 1.54) is 0 Å². The number of nitrogens with one attached hydrogen (secondary N) is 1. The number of rotatable bonds is 4. The van der Waals surface area contributed by atoms with Crippen molar-refractivity contribution in [3.8, 4) is 0 Å². The number of anilines is 1. The van der Waals surface area contributed by atoms with Crippen LogP contribution >= 0.6 is 0 Å². The molecule has 4 heterocycles. The minimum atomic E-state index is -4.35. The zero-order chi connectivity index (χ0) is 22.3. The molecule has 0 saturated carbocycles. The van der Waals surface area contributed by atoms with Crippen LogP contribution in [0.25, 0.3) is 0 Å². The predicted octanol–water partition coefficient (Wildman–Crippen LogP) is 4.40. The smallest absolute Gasteiger partial charge is 0.367 e. The third kappa shape index (κ3) is 4.29. The van der Waals surface area contributed by atoms with Crippen LogP contribution in [-0.4, -0.2) is 51.1 Å². The minimum Gasteiger partial charge on any atom is -0.367 e. The lowest BCUT2D eigenvalue weighted by molar-refractivity contribution is -0.174. The second-order valence-corrected chi connectivity index (χ2v) is 8.79. The van der Waals surface area contributed by atoms with Gasteiger partial charge in [0.25, 0.3) is 5.91 Å². The Morgan fingerprint density at radius 1 is 1.29 bits per heavy atom. The van der Waals surface area contributed by atoms with Gasteiger partial charge in [0.2, 0.25) is 5.76 Å². The molecule has 0 aromatic carbocycles. The Bertz CT molecular complexity index is 928. The maximum atomic E-state index is 13.7. The Kier molecular flexibility index (Phi) is 5.74. The van der Waals surface area contributed by atoms with Crippen molar-refractivity contribution < 1.29 is 22.5 Å². The number of fused-ring (bicyclic) bond motifs is 1. The van der Waals surface area contributed by atoms with E-state index in [0.29, 0.717) is 43.9 Å². The zero-order valence-corrected chi connectivity index (χ0v) is 17.9. The maximum Gasteiger partial charge on any atom is 0.410 e. The number of hydrogen-bond acceptors (Lipinski definition) is 5. The third-order valence-electron chi connectivity index (χ3n) is 6.38. The number of nitrogens with zero attached hydrogens (tertiary/aromatic N) is 4. The first-order valence-corrected chi connectivity index (χ1v) is 10.8. The summed E-state index contributed by atoms with van der Waals surface area (Å²) in [5.41, 5.74) is 1.38. The number of alkyl halides is 3. The second kappa shape index (κ2) is 8.20. The second-order valence-electron chi connectivity index (χ2n) is 8.79. The molecule has 10 heteroatoms. The van der Waals surface area contributed by atoms with Crippen molar-refractivity contribution in [2.45, 2.75) is 70.6 Å². The van der Waals surface area contributed by atoms with E-state index in [4.69, 9.17) is 4.52 Å². The molecule has 0 bridgehead atoms. The van der Waals surface area contributed by atoms with Crippen molar-refractivity contribution in [2.75, 3.05) is 18.4 Å². The van der Waals surface area contributed by atoms with Gasteiger partial charge in [0.05, 0.1) is 11.4 Å². The molecule has 2 atom stereocenters. The molecule has 4 rings (SSSR count). The van der Waals surface area contributed by atoms with Gasteiger partial charge in [-0.2, -0.15) is 18.3 Å². The number of aromatic nitrogens is 3. The molecule has 2 aliphatic heterocycles. The number of carbonyl (C=O) groups is 1. The van der Waals surface area contributed by atoms with E-state index < -0.39 is 12.2 Å². The lowest BCUT2D eigenvalue weighted by Gasteiger charge is -2.35. The highest BCUT2D eigenvalue weighted by Gasteiger charge is 2.47. The van der Waals surface area contributed by atoms with E-state index in [0.717, 1.165) is 10.4 Å². The first-order valence-electron chi connectivity index (χ1n) is 10.8. The van der Waals surface area contributed by atoms with Crippen LogP contribution in [0.15, 0.2) is 16.7 Å². The van der Waals surface area contributed by atoms with E-state index in [2.05, 4.69) is 15.6 Å². The molecule has 170 valence electrons. The van der Waals surface area contributed by atoms with Crippen LogP contribution in [0, 0.1) is 5.92 Å². The summed E-state index contributed by atoms with van der Waals surface area (Å²) in [5.74, 6) is 0.541. The topological polar surface area (TPSA) is 76.2 Å². The van der Waals surface area contributed by atoms with E-state index in [9.17, 15) is 18.0 Å². The Morgan fingerprint density at radius 3 is 2.58 bits per heavy atom. The van der Waals surface area contributed by atoms with Gasteiger partial charge in [-0.25, -0.2) is 4.68 Å². The Hall–Kier alpha value is -2.52. The fourth-order valence-electron chi connectivity index (χ4n) is 4.37. The highest BCUT2D eigenvalue weighted by molar-refractivity contribution is 5.91. The maximum absolute atomic E-state index is 13.7. The molecule has 1 N–H and O–H groups in total. The van der Waals surface area contributed by atoms with Crippen molar-refractivity contribution >= 4 is 11.7 Å². The van der Waals surface area contributed by atoms with Crippen LogP contribution in [0.3, 0.4) is 0 Å². The van der Waals surface area contributed by atoms with Crippen molar-refractivity contribution in [1.82, 2.24) is 19.8 Å². The number of likely N-dealkylation sites (tertiary alicyclic amines) is 1. The van der Waals surface area contributed by atoms with Crippen molar-refractivity contribution in [2.24, 2.45) is 5.92 Å². The van der Waals surface area contributed by atoms with Crippen molar-refractivity contribution in [3.05, 3.63) is 29.3 Å². The molecule has 2 aromatic heterocycles. The molecule has 0 aliphatic carbocycles. The number of carbonyl (C=O) groups excluding carboxylic acids is 1. The molecule has 1 fully saturated rings. The normalized spacial score (nSPS) is 22.5. The Labute approximate surface area is 178 Å². The average molecular weight is 439 g/mol. The molecule has 1 saturated heterocycles. The molecule has 2 aliphatic rings. The van der Waals surface area contributed by atoms with Gasteiger partial charge in [-0.1, -0.05) is 25.9 Å². The minimum absolute atomic E-state index is 0.0104. The van der Waals surface area contributed by atoms with Gasteiger partial charge < -0.3 is 14.7 Å². The Balaban J connectivity index is 1.47. The summed E-state index contributed by atoms with van der Waals surface area (Å²) in [7, 11) is 0. The lowest BCUT2D eigenvalue weighted by Crippen LogP contribution is -2.41. The van der Waals surface area contributed by atoms with Crippen LogP contribution in [0.2, 0.25) is 0 Å². The summed E-state index contributed by atoms with van der Waals surface area (Å²) < 4.78 is 47.3. The molecule has 7 nitrogen and oxygen atoms in total. The summed E-state index contributed by atoms with van der Waals surface area (Å²) in [4.78, 5) is 14.3. The first-order chi connectivity index (χ1) is 14.7. The van der Waals surface area contributed by atoms with Crippen LogP contribution < -0.4 is 5.32 Å². The van der Waals surface area contributed by atoms with E-state index in [1.54, 1.807) is 17.0 Å². The summed E-state index contributed by atoms with van der Waals surface area (Å²) in [5, 5.41) is 11.5. The molecule has 0 radical (unpaired) electrons. The molecule has 0 spiro atoms. The highest BCUT2D eigenvalue weighted by atomic mass is 19.4. The number of piperidine rings is 1. The number of halogens is 3. The van der Waals surface area contributed by atoms with Crippen LogP contribution in [-0.2, 0) is 6.42 Å². The van der Waals surface area contributed by atoms with Gasteiger partial charge >= 0.3 is 6.18 Å². The van der Waals surface area contributed by atoms with Crippen molar-refractivity contribution in [1.29, 1.82) is 0 Å². The number of amides is 1. The van der Waals surface area contributed by atoms with E-state index in [-0.39, 0.29) is 36.0 Å². The first kappa shape index (κ1) is 21.7. The zero-order valence-electron chi connectivity index (χ0n) is 17.9. The van der Waals surface area contributed by atoms with Gasteiger partial charge in [-0.15, -0.1) is 0 Å². The fourth-order valence-corrected chi connectivity index (χ4v) is 4.37. The van der Waals surface area contributed by atoms with Gasteiger partial charge in [-0.05, 0) is 31.6 Å². The lowest BCUT2D eigenvalue weighted by atomic mass is 9.93. The van der Waals surface area contributed by atoms with Crippen LogP contribution in [0.1, 0.15) is 73.9 Å². The fraction of sp³-hybridized carbons (Fsp3) is 0.667. The summed E-state index contributed by atoms with van der Waals surface area (Å²) >= 11 is 0. The molecule has 31 heavy (non-hydrogen) atoms. The standard InChI is InChI=1S/C21H28F3N5O2/c1-4-14-9-17(31-27-14)20(30)28-7-5-13(6-8-28)16-11-19-25-15(12(2)3)10-18(21(22,23)24)29(19)26-16/h9,11-13,15,18,25H,4-8,10H2,1-3H3/t15-,18+/m0/s1. The molecule has 0 unspecified atom stereocenters. The van der Waals surface area contributed by atoms with E-state index >= 15 is 0 Å². The van der Waals surface area contributed by atoms with Crippen molar-refractivity contribution in [3.63, 3.8) is 0 Å². The Morgan fingerprint density at radius 2 is 2.00 bits per heavy atom. The van der Waals surface area contributed by atoms with Gasteiger partial charge in [0.15, 0.2) is 6.04 Å². The molecular formula is C21H28F3N5O2. The van der Waals surface area contributed by atoms with Gasteiger partial charge in [0, 0.05) is 37.2 Å². The predicted molar refractivity (Wildman–Crippen MR) is 108 cm³/mol. The number of hydrogen-bond donors (Lipinski definition) is 1.